The van der Waals surface area contributed by atoms with Gasteiger partial charge in [-0.3, -0.25) is 0 Å². The molecule has 1 saturated carbocycles. The number of hydrogen-bond donors (Lipinski definition) is 0. The van der Waals surface area contributed by atoms with Crippen LogP contribution < -0.4 is 0 Å². The molecule has 156 valence electrons. The Labute approximate surface area is 172 Å². The van der Waals surface area contributed by atoms with Crippen LogP contribution in [0.2, 0.25) is 0 Å². The molecule has 0 saturated heterocycles. The van der Waals surface area contributed by atoms with E-state index in [1.807, 2.05) is 0 Å². The molecule has 3 heteroatoms. The fourth-order valence-electron chi connectivity index (χ4n) is 5.57. The number of benzene rings is 2. The van der Waals surface area contributed by atoms with Crippen molar-refractivity contribution in [3.8, 4) is 11.1 Å². The van der Waals surface area contributed by atoms with Crippen molar-refractivity contribution >= 4 is 0 Å². The number of unbranched alkanes of at least 4 members (excludes halogenated alkanes) is 1. The van der Waals surface area contributed by atoms with E-state index in [4.69, 9.17) is 0 Å². The molecular formula is C26H31F3. The molecule has 2 aromatic carbocycles. The van der Waals surface area contributed by atoms with Crippen LogP contribution in [0.15, 0.2) is 30.3 Å². The maximum Gasteiger partial charge on any atom is 0.166 e. The summed E-state index contributed by atoms with van der Waals surface area (Å²) >= 11 is 0. The highest BCUT2D eigenvalue weighted by molar-refractivity contribution is 5.66. The molecule has 2 aromatic rings. The predicted octanol–water partition coefficient (Wildman–Crippen LogP) is 7.87. The van der Waals surface area contributed by atoms with Crippen molar-refractivity contribution in [3.63, 3.8) is 0 Å². The van der Waals surface area contributed by atoms with E-state index in [0.717, 1.165) is 48.3 Å². The van der Waals surface area contributed by atoms with Crippen LogP contribution in [0.3, 0.4) is 0 Å². The number of fused-ring (bicyclic) bond motifs is 1. The molecule has 0 aliphatic heterocycles. The summed E-state index contributed by atoms with van der Waals surface area (Å²) in [4.78, 5) is 0. The van der Waals surface area contributed by atoms with E-state index in [-0.39, 0.29) is 11.1 Å². The second-order valence-corrected chi connectivity index (χ2v) is 9.13. The van der Waals surface area contributed by atoms with Gasteiger partial charge in [-0.25, -0.2) is 13.2 Å². The van der Waals surface area contributed by atoms with Crippen molar-refractivity contribution < 1.29 is 13.2 Å². The minimum absolute atomic E-state index is 0.0119. The summed E-state index contributed by atoms with van der Waals surface area (Å²) in [5, 5.41) is 0. The monoisotopic (exact) mass is 400 g/mol. The third kappa shape index (κ3) is 4.39. The van der Waals surface area contributed by atoms with E-state index in [2.05, 4.69) is 6.92 Å². The van der Waals surface area contributed by atoms with Crippen molar-refractivity contribution in [2.24, 2.45) is 17.8 Å². The maximum atomic E-state index is 14.8. The lowest BCUT2D eigenvalue weighted by Crippen LogP contribution is -2.26. The first kappa shape index (κ1) is 20.5. The van der Waals surface area contributed by atoms with Crippen molar-refractivity contribution in [3.05, 3.63) is 58.9 Å². The standard InChI is InChI=1S/C26H31F3/c1-2-3-5-17-8-10-18(11-9-17)19-12-13-20-15-23(25(28)16-21(20)14-19)22-6-4-7-24(27)26(22)29/h4,6-7,15-19H,2-3,5,8-14H2,1H3. The zero-order valence-electron chi connectivity index (χ0n) is 17.3. The van der Waals surface area contributed by atoms with Gasteiger partial charge in [-0.2, -0.15) is 0 Å². The van der Waals surface area contributed by atoms with E-state index in [9.17, 15) is 13.2 Å². The molecule has 0 N–H and O–H groups in total. The van der Waals surface area contributed by atoms with Gasteiger partial charge in [-0.15, -0.1) is 0 Å². The van der Waals surface area contributed by atoms with Crippen LogP contribution in [0.25, 0.3) is 11.1 Å². The molecule has 0 aromatic heterocycles. The van der Waals surface area contributed by atoms with Gasteiger partial charge in [0.2, 0.25) is 0 Å². The first-order chi connectivity index (χ1) is 14.1. The van der Waals surface area contributed by atoms with Crippen molar-refractivity contribution in [2.75, 3.05) is 0 Å². The molecule has 29 heavy (non-hydrogen) atoms. The van der Waals surface area contributed by atoms with E-state index in [1.54, 1.807) is 12.1 Å². The van der Waals surface area contributed by atoms with E-state index in [0.29, 0.717) is 5.92 Å². The Morgan fingerprint density at radius 1 is 0.828 bits per heavy atom. The molecule has 0 heterocycles. The largest absolute Gasteiger partial charge is 0.206 e. The molecule has 1 fully saturated rings. The number of hydrogen-bond acceptors (Lipinski definition) is 0. The molecule has 2 aliphatic carbocycles. The first-order valence-electron chi connectivity index (χ1n) is 11.3. The van der Waals surface area contributed by atoms with Crippen LogP contribution in [0.5, 0.6) is 0 Å². The van der Waals surface area contributed by atoms with Gasteiger partial charge in [-0.1, -0.05) is 51.2 Å². The fourth-order valence-corrected chi connectivity index (χ4v) is 5.57. The predicted molar refractivity (Wildman–Crippen MR) is 112 cm³/mol. The molecule has 0 spiro atoms. The highest BCUT2D eigenvalue weighted by Gasteiger charge is 2.30. The Morgan fingerprint density at radius 3 is 2.38 bits per heavy atom. The highest BCUT2D eigenvalue weighted by Crippen LogP contribution is 2.42. The Balaban J connectivity index is 1.47. The van der Waals surface area contributed by atoms with Gasteiger partial charge >= 0.3 is 0 Å². The van der Waals surface area contributed by atoms with E-state index < -0.39 is 17.5 Å². The Morgan fingerprint density at radius 2 is 1.62 bits per heavy atom. The lowest BCUT2D eigenvalue weighted by molar-refractivity contribution is 0.183. The molecule has 4 rings (SSSR count). The molecule has 1 atom stereocenters. The van der Waals surface area contributed by atoms with Crippen molar-refractivity contribution in [1.29, 1.82) is 0 Å². The van der Waals surface area contributed by atoms with Gasteiger partial charge in [0.15, 0.2) is 11.6 Å². The number of halogens is 3. The highest BCUT2D eigenvalue weighted by atomic mass is 19.2. The summed E-state index contributed by atoms with van der Waals surface area (Å²) in [7, 11) is 0. The second-order valence-electron chi connectivity index (χ2n) is 9.13. The zero-order valence-corrected chi connectivity index (χ0v) is 17.3. The Hall–Kier alpha value is -1.77. The van der Waals surface area contributed by atoms with E-state index in [1.165, 1.54) is 57.1 Å². The molecular weight excluding hydrogens is 369 g/mol. The maximum absolute atomic E-state index is 14.8. The van der Waals surface area contributed by atoms with Gasteiger partial charge in [0.1, 0.15) is 5.82 Å². The van der Waals surface area contributed by atoms with Crippen LogP contribution in [-0.4, -0.2) is 0 Å². The molecule has 0 amide bonds. The van der Waals surface area contributed by atoms with Gasteiger partial charge in [-0.05, 0) is 79.2 Å². The summed E-state index contributed by atoms with van der Waals surface area (Å²) in [6, 6.07) is 7.27. The van der Waals surface area contributed by atoms with Crippen molar-refractivity contribution in [2.45, 2.75) is 71.1 Å². The lowest BCUT2D eigenvalue weighted by atomic mass is 9.69. The van der Waals surface area contributed by atoms with Crippen LogP contribution in [0, 0.1) is 35.2 Å². The summed E-state index contributed by atoms with van der Waals surface area (Å²) in [6.07, 6.45) is 12.3. The molecule has 0 radical (unpaired) electrons. The molecule has 0 nitrogen and oxygen atoms in total. The fraction of sp³-hybridized carbons (Fsp3) is 0.538. The quantitative estimate of drug-likeness (QED) is 0.479. The van der Waals surface area contributed by atoms with Gasteiger partial charge in [0, 0.05) is 11.1 Å². The average molecular weight is 401 g/mol. The summed E-state index contributed by atoms with van der Waals surface area (Å²) in [6.45, 7) is 2.26. The normalized spacial score (nSPS) is 24.3. The third-order valence-electron chi connectivity index (χ3n) is 7.32. The minimum Gasteiger partial charge on any atom is -0.206 e. The van der Waals surface area contributed by atoms with Crippen LogP contribution >= 0.6 is 0 Å². The zero-order chi connectivity index (χ0) is 20.4. The smallest absolute Gasteiger partial charge is 0.166 e. The summed E-state index contributed by atoms with van der Waals surface area (Å²) < 4.78 is 42.6. The SMILES string of the molecule is CCCCC1CCC(C2CCc3cc(-c4cccc(F)c4F)c(F)cc3C2)CC1. The Bertz CT molecular complexity index is 849. The van der Waals surface area contributed by atoms with E-state index >= 15 is 0 Å². The topological polar surface area (TPSA) is 0 Å². The van der Waals surface area contributed by atoms with Gasteiger partial charge < -0.3 is 0 Å². The van der Waals surface area contributed by atoms with Crippen LogP contribution in [0.4, 0.5) is 13.2 Å². The lowest BCUT2D eigenvalue weighted by Gasteiger charge is -2.36. The Kier molecular flexibility index (Phi) is 6.32. The van der Waals surface area contributed by atoms with Gasteiger partial charge in [0.05, 0.1) is 0 Å². The molecule has 2 aliphatic rings. The molecule has 1 unspecified atom stereocenters. The summed E-state index contributed by atoms with van der Waals surface area (Å²) in [5.74, 6) is -0.0651. The van der Waals surface area contributed by atoms with Gasteiger partial charge in [0.25, 0.3) is 0 Å². The van der Waals surface area contributed by atoms with Crippen LogP contribution in [-0.2, 0) is 12.8 Å². The molecule has 0 bridgehead atoms. The number of rotatable bonds is 5. The first-order valence-corrected chi connectivity index (χ1v) is 11.3. The third-order valence-corrected chi connectivity index (χ3v) is 7.32. The average Bonchev–Trinajstić information content (AvgIpc) is 2.74. The van der Waals surface area contributed by atoms with Crippen molar-refractivity contribution in [1.82, 2.24) is 0 Å². The minimum atomic E-state index is -0.972. The second kappa shape index (κ2) is 8.93. The number of aryl methyl sites for hydroxylation is 1. The van der Waals surface area contributed by atoms with Crippen LogP contribution in [0.1, 0.15) is 69.4 Å². The summed E-state index contributed by atoms with van der Waals surface area (Å²) in [5.41, 5.74) is 2.35.